The van der Waals surface area contributed by atoms with Crippen LogP contribution in [-0.2, 0) is 10.8 Å². The van der Waals surface area contributed by atoms with E-state index < -0.39 is 65.9 Å². The van der Waals surface area contributed by atoms with Crippen molar-refractivity contribution in [2.24, 2.45) is 0 Å². The summed E-state index contributed by atoms with van der Waals surface area (Å²) in [6.45, 7) is 12.6. The summed E-state index contributed by atoms with van der Waals surface area (Å²) in [6.07, 6.45) is 0. The predicted molar refractivity (Wildman–Crippen MR) is 494 cm³/mol. The largest absolute Gasteiger partial charge is 0.309 e. The van der Waals surface area contributed by atoms with Gasteiger partial charge in [0.05, 0.1) is 80.6 Å². The Balaban J connectivity index is 0.976. The lowest BCUT2D eigenvalue weighted by molar-refractivity contribution is 0.590. The first-order valence-electron chi connectivity index (χ1n) is 46.6. The maximum Gasteiger partial charge on any atom is 0.252 e. The summed E-state index contributed by atoms with van der Waals surface area (Å²) in [7, 11) is 0. The highest BCUT2D eigenvalue weighted by molar-refractivity contribution is 7.01. The molecule has 17 aromatic carbocycles. The van der Waals surface area contributed by atoms with Gasteiger partial charge in [-0.15, -0.1) is 0 Å². The van der Waals surface area contributed by atoms with Crippen molar-refractivity contribution in [2.45, 2.75) is 52.4 Å². The second kappa shape index (κ2) is 25.7. The van der Waals surface area contributed by atoms with E-state index in [0.717, 1.165) is 133 Å². The van der Waals surface area contributed by atoms with Crippen molar-refractivity contribution in [1.29, 1.82) is 0 Å². The van der Waals surface area contributed by atoms with E-state index in [2.05, 4.69) is 250 Å². The molecule has 548 valence electrons. The average molecular weight is 1500 g/mol. The van der Waals surface area contributed by atoms with Crippen LogP contribution < -0.4 is 26.2 Å². The molecule has 0 unspecified atom stereocenters. The second-order valence-corrected chi connectivity index (χ2v) is 32.8. The topological polar surface area (TPSA) is 20.8 Å². The van der Waals surface area contributed by atoms with Gasteiger partial charge >= 0.3 is 0 Å². The van der Waals surface area contributed by atoms with Gasteiger partial charge in [0.15, 0.2) is 0 Å². The van der Waals surface area contributed by atoms with E-state index >= 15 is 0 Å². The number of benzene rings is 17. The summed E-state index contributed by atoms with van der Waals surface area (Å²) >= 11 is 0. The normalized spacial score (nSPS) is 14.6. The molecule has 0 amide bonds. The third-order valence-electron chi connectivity index (χ3n) is 24.1. The Morgan fingerprint density at radius 1 is 0.276 bits per heavy atom. The van der Waals surface area contributed by atoms with Crippen LogP contribution in [0.2, 0.25) is 0 Å². The van der Waals surface area contributed by atoms with Gasteiger partial charge in [-0.05, 0) is 174 Å². The van der Waals surface area contributed by atoms with Crippen molar-refractivity contribution in [3.05, 3.63) is 387 Å². The van der Waals surface area contributed by atoms with Gasteiger partial charge in [0.2, 0.25) is 0 Å². The summed E-state index contributed by atoms with van der Waals surface area (Å²) < 4.78 is 146. The molecule has 0 saturated carbocycles. The number of fused-ring (bicyclic) bond motifs is 18. The molecule has 116 heavy (non-hydrogen) atoms. The quantitative estimate of drug-likeness (QED) is 0.127. The molecule has 0 bridgehead atoms. The van der Waals surface area contributed by atoms with Crippen LogP contribution >= 0.6 is 0 Å². The zero-order chi connectivity index (χ0) is 89.6. The van der Waals surface area contributed by atoms with Crippen molar-refractivity contribution in [3.8, 4) is 78.1 Å². The van der Waals surface area contributed by atoms with E-state index in [-0.39, 0.29) is 91.0 Å². The fourth-order valence-electron chi connectivity index (χ4n) is 18.7. The van der Waals surface area contributed by atoms with Crippen LogP contribution in [0.15, 0.2) is 376 Å². The predicted octanol–water partition coefficient (Wildman–Crippen LogP) is 27.7. The third-order valence-corrected chi connectivity index (χ3v) is 24.1. The number of anilines is 6. The Labute approximate surface area is 695 Å². The number of para-hydroxylation sites is 4. The molecule has 5 nitrogen and oxygen atoms in total. The molecular weight excluding hydrogens is 1400 g/mol. The summed E-state index contributed by atoms with van der Waals surface area (Å²) in [5.74, 6) is 0. The molecule has 0 spiro atoms. The maximum atomic E-state index is 10.7. The maximum absolute atomic E-state index is 10.7. The Morgan fingerprint density at radius 2 is 0.629 bits per heavy atom. The Morgan fingerprint density at radius 3 is 1.06 bits per heavy atom. The van der Waals surface area contributed by atoms with Gasteiger partial charge in [0, 0.05) is 88.1 Å². The summed E-state index contributed by atoms with van der Waals surface area (Å²) in [4.78, 5) is 4.94. The van der Waals surface area contributed by atoms with Gasteiger partial charge in [-0.2, -0.15) is 0 Å². The van der Waals surface area contributed by atoms with Crippen molar-refractivity contribution < 1.29 is 19.2 Å². The summed E-state index contributed by atoms with van der Waals surface area (Å²) in [6, 6.07) is 93.9. The van der Waals surface area contributed by atoms with Crippen LogP contribution in [0.4, 0.5) is 34.1 Å². The van der Waals surface area contributed by atoms with Gasteiger partial charge in [-0.3, -0.25) is 0 Å². The highest BCUT2D eigenvalue weighted by atomic mass is 15.2. The Hall–Kier alpha value is -14.2. The zero-order valence-electron chi connectivity index (χ0n) is 78.5. The minimum absolute atomic E-state index is 0.00375. The smallest absolute Gasteiger partial charge is 0.252 e. The fourth-order valence-corrected chi connectivity index (χ4v) is 18.7. The van der Waals surface area contributed by atoms with E-state index in [9.17, 15) is 19.2 Å². The lowest BCUT2D eigenvalue weighted by Crippen LogP contribution is -2.61. The van der Waals surface area contributed by atoms with Gasteiger partial charge < -0.3 is 23.3 Å². The molecule has 21 aromatic rings. The van der Waals surface area contributed by atoms with Gasteiger partial charge in [-0.1, -0.05) is 326 Å². The Bertz CT molecular complexity index is 8260. The zero-order valence-corrected chi connectivity index (χ0v) is 64.5. The van der Waals surface area contributed by atoms with Crippen molar-refractivity contribution in [1.82, 2.24) is 13.5 Å². The minimum atomic E-state index is -0.822. The van der Waals surface area contributed by atoms with Crippen LogP contribution in [0.25, 0.3) is 160 Å². The lowest BCUT2D eigenvalue weighted by atomic mass is 9.33. The van der Waals surface area contributed by atoms with Gasteiger partial charge in [0.25, 0.3) is 6.71 Å². The van der Waals surface area contributed by atoms with Crippen molar-refractivity contribution in [2.75, 3.05) is 9.80 Å². The van der Waals surface area contributed by atoms with Crippen LogP contribution in [0.3, 0.4) is 0 Å². The minimum Gasteiger partial charge on any atom is -0.309 e. The molecule has 23 rings (SSSR count). The van der Waals surface area contributed by atoms with Gasteiger partial charge in [-0.25, -0.2) is 0 Å². The molecule has 0 aliphatic carbocycles. The molecule has 0 fully saturated rings. The lowest BCUT2D eigenvalue weighted by Gasteiger charge is -2.46. The van der Waals surface area contributed by atoms with E-state index in [1.165, 1.54) is 0 Å². The van der Waals surface area contributed by atoms with Crippen molar-refractivity contribution >= 4 is 139 Å². The molecule has 6 heteroatoms. The molecule has 0 radical (unpaired) electrons. The monoisotopic (exact) mass is 1500 g/mol. The number of hydrogen-bond donors (Lipinski definition) is 0. The highest BCUT2D eigenvalue weighted by Crippen LogP contribution is 2.60. The van der Waals surface area contributed by atoms with Crippen LogP contribution in [0.5, 0.6) is 0 Å². The van der Waals surface area contributed by atoms with Crippen LogP contribution in [0.1, 0.15) is 71.9 Å². The van der Waals surface area contributed by atoms with Crippen molar-refractivity contribution in [3.63, 3.8) is 0 Å². The average Bonchev–Trinajstić information content (AvgIpc) is 1.05. The highest BCUT2D eigenvalue weighted by Gasteiger charge is 2.49. The molecule has 2 aliphatic rings. The SMILES string of the molecule is [2H]c1c([2H])c([2H])c2c(c1[2H])c1c([2H])c(-c3ccccc3)c([2H])c([2H])c1n2-c1ccc2c(c1)N(c1c(-c3ccccc3)cc(C(C)(C)C)cc1-c1ccccc1)c1c3c(c4c5ccccc5n5c6ccccc6c1c45)N(c1c(-c4ccccc4)cc(C(C)(C)C)cc1-c1ccccc1)c1cc(-n4c5c([2H])c([2H])c([2H])c([2H])c5c5c([2H])c([2H])c(-c6ccccc6)c([2H])c54)ccc1B23. The molecule has 0 atom stereocenters. The van der Waals surface area contributed by atoms with E-state index in [4.69, 9.17) is 0 Å². The first kappa shape index (κ1) is 54.5. The third kappa shape index (κ3) is 10.2. The Kier molecular flexibility index (Phi) is 12.1. The fraction of sp³-hybridized carbons (Fsp3) is 0.0727. The van der Waals surface area contributed by atoms with Crippen LogP contribution in [0, 0.1) is 0 Å². The van der Waals surface area contributed by atoms with E-state index in [1.807, 2.05) is 72.8 Å². The number of rotatable bonds is 10. The molecule has 6 heterocycles. The molecule has 2 aliphatic heterocycles. The standard InChI is InChI=1S/C110H80BN5/c1-109(2,3)77-63-86(71-37-17-9-18-38-71)104(87(64-77)72-39-19-10-20-40-72)115-99-67-79(112-94-50-30-26-46-82(94)90-61-75(54-60-97(90)112)69-33-13-7-14-34-69)55-58-91(99)111-92-59-56-80(113-93-49-29-25-45-81(93)83-57-53-76(62-98(83)113)70-35-15-8-16-36-70)68-100(92)116(105-88(73-41-21-11-22-42-73)65-78(110(4,5)6)66-89(105)74-43-23-12-24-44-74)108-102-85-48-28-32-52-96(85)114-95-51-31-27-47-84(95)101(106(102)114)107(115)103(108)111/h7-68H,1-6H3/i25D,26D,29D,30D,45D,46D,49D,50D,53D,54D,57D,60D,61D,62D. The summed E-state index contributed by atoms with van der Waals surface area (Å²) in [5.41, 5.74) is 20.4. The van der Waals surface area contributed by atoms with E-state index in [0.29, 0.717) is 33.9 Å². The van der Waals surface area contributed by atoms with Crippen LogP contribution in [-0.4, -0.2) is 20.2 Å². The second-order valence-electron chi connectivity index (χ2n) is 32.8. The molecule has 4 aromatic heterocycles. The van der Waals surface area contributed by atoms with Gasteiger partial charge in [0.1, 0.15) is 0 Å². The first-order valence-corrected chi connectivity index (χ1v) is 39.6. The first-order chi connectivity index (χ1) is 62.7. The number of hydrogen-bond acceptors (Lipinski definition) is 2. The number of aromatic nitrogens is 3. The molecule has 0 saturated heterocycles. The number of nitrogens with zero attached hydrogens (tertiary/aromatic N) is 5. The molecule has 0 N–H and O–H groups in total. The van der Waals surface area contributed by atoms with E-state index in [1.54, 1.807) is 33.4 Å². The molecular formula is C110H80BN5. The summed E-state index contributed by atoms with van der Waals surface area (Å²) in [5, 5.41) is 3.86.